The van der Waals surface area contributed by atoms with Gasteiger partial charge in [0.25, 0.3) is 0 Å². The van der Waals surface area contributed by atoms with Crippen LogP contribution >= 0.6 is 0 Å². The standard InChI is InChI=1S/C24H35N3O3/c1-17(2)13-21(27-9-11-29-12-10-27)15-25-23(28)7-8-24-26-16-22(30-24)20-6-5-18(3)19(4)14-20/h5-6,14,16-17,21H,7-13,15H2,1-4H3,(H,25,28). The van der Waals surface area contributed by atoms with E-state index in [4.69, 9.17) is 9.15 Å². The van der Waals surface area contributed by atoms with Crippen LogP contribution in [0.2, 0.25) is 0 Å². The highest BCUT2D eigenvalue weighted by atomic mass is 16.5. The van der Waals surface area contributed by atoms with Crippen molar-refractivity contribution in [3.05, 3.63) is 41.4 Å². The number of oxazole rings is 1. The molecule has 164 valence electrons. The second kappa shape index (κ2) is 10.7. The lowest BCUT2D eigenvalue weighted by Gasteiger charge is -2.35. The molecule has 2 heterocycles. The van der Waals surface area contributed by atoms with Crippen molar-refractivity contribution in [3.63, 3.8) is 0 Å². The molecule has 1 amide bonds. The zero-order valence-corrected chi connectivity index (χ0v) is 18.7. The molecule has 1 atom stereocenters. The van der Waals surface area contributed by atoms with Gasteiger partial charge in [0.1, 0.15) is 0 Å². The Morgan fingerprint density at radius 2 is 1.97 bits per heavy atom. The Morgan fingerprint density at radius 1 is 1.20 bits per heavy atom. The third kappa shape index (κ3) is 6.41. The second-order valence-electron chi connectivity index (χ2n) is 8.65. The van der Waals surface area contributed by atoms with Gasteiger partial charge in [0.15, 0.2) is 11.7 Å². The van der Waals surface area contributed by atoms with Gasteiger partial charge in [-0.2, -0.15) is 0 Å². The highest BCUT2D eigenvalue weighted by Gasteiger charge is 2.22. The first-order valence-corrected chi connectivity index (χ1v) is 11.0. The fraction of sp³-hybridized carbons (Fsp3) is 0.583. The average Bonchev–Trinajstić information content (AvgIpc) is 3.21. The summed E-state index contributed by atoms with van der Waals surface area (Å²) in [6, 6.07) is 6.59. The van der Waals surface area contributed by atoms with Crippen molar-refractivity contribution in [2.75, 3.05) is 32.8 Å². The lowest BCUT2D eigenvalue weighted by molar-refractivity contribution is -0.121. The third-order valence-electron chi connectivity index (χ3n) is 5.75. The van der Waals surface area contributed by atoms with E-state index in [0.717, 1.165) is 44.0 Å². The molecule has 3 rings (SSSR count). The number of carbonyl (C=O) groups excluding carboxylic acids is 1. The van der Waals surface area contributed by atoms with Gasteiger partial charge in [-0.05, 0) is 43.4 Å². The number of carbonyl (C=O) groups is 1. The Morgan fingerprint density at radius 3 is 2.67 bits per heavy atom. The first-order chi connectivity index (χ1) is 14.4. The highest BCUT2D eigenvalue weighted by molar-refractivity contribution is 5.76. The van der Waals surface area contributed by atoms with Gasteiger partial charge >= 0.3 is 0 Å². The van der Waals surface area contributed by atoms with Crippen LogP contribution in [-0.2, 0) is 16.0 Å². The molecular weight excluding hydrogens is 378 g/mol. The number of aryl methyl sites for hydroxylation is 3. The van der Waals surface area contributed by atoms with E-state index in [1.54, 1.807) is 6.20 Å². The molecule has 6 heteroatoms. The van der Waals surface area contributed by atoms with Gasteiger partial charge in [0, 0.05) is 44.1 Å². The molecule has 0 saturated carbocycles. The monoisotopic (exact) mass is 413 g/mol. The number of ether oxygens (including phenoxy) is 1. The minimum absolute atomic E-state index is 0.0444. The minimum atomic E-state index is 0.0444. The van der Waals surface area contributed by atoms with Crippen LogP contribution in [0.25, 0.3) is 11.3 Å². The van der Waals surface area contributed by atoms with Crippen LogP contribution in [0.5, 0.6) is 0 Å². The molecule has 1 fully saturated rings. The average molecular weight is 414 g/mol. The number of aromatic nitrogens is 1. The van der Waals surface area contributed by atoms with Gasteiger partial charge in [-0.3, -0.25) is 9.69 Å². The van der Waals surface area contributed by atoms with E-state index in [0.29, 0.717) is 37.2 Å². The van der Waals surface area contributed by atoms with E-state index in [9.17, 15) is 4.79 Å². The van der Waals surface area contributed by atoms with Crippen LogP contribution < -0.4 is 5.32 Å². The van der Waals surface area contributed by atoms with Crippen molar-refractivity contribution in [2.45, 2.75) is 53.0 Å². The number of morpholine rings is 1. The lowest BCUT2D eigenvalue weighted by atomic mass is 10.0. The SMILES string of the molecule is Cc1ccc(-c2cnc(CCC(=O)NCC(CC(C)C)N3CCOCC3)o2)cc1C. The molecule has 1 aromatic heterocycles. The molecule has 1 aromatic carbocycles. The van der Waals surface area contributed by atoms with E-state index < -0.39 is 0 Å². The van der Waals surface area contributed by atoms with Crippen molar-refractivity contribution in [1.82, 2.24) is 15.2 Å². The first kappa shape index (κ1) is 22.5. The predicted molar refractivity (Wildman–Crippen MR) is 118 cm³/mol. The maximum Gasteiger partial charge on any atom is 0.220 e. The van der Waals surface area contributed by atoms with E-state index >= 15 is 0 Å². The zero-order chi connectivity index (χ0) is 21.5. The Balaban J connectivity index is 1.49. The van der Waals surface area contributed by atoms with Gasteiger partial charge in [-0.25, -0.2) is 4.98 Å². The quantitative estimate of drug-likeness (QED) is 0.678. The fourth-order valence-corrected chi connectivity index (χ4v) is 3.84. The molecule has 0 bridgehead atoms. The molecule has 30 heavy (non-hydrogen) atoms. The Labute approximate surface area is 180 Å². The number of hydrogen-bond donors (Lipinski definition) is 1. The minimum Gasteiger partial charge on any atom is -0.441 e. The molecule has 1 aliphatic heterocycles. The van der Waals surface area contributed by atoms with E-state index in [-0.39, 0.29) is 5.91 Å². The molecular formula is C24H35N3O3. The van der Waals surface area contributed by atoms with Crippen LogP contribution in [0, 0.1) is 19.8 Å². The summed E-state index contributed by atoms with van der Waals surface area (Å²) in [4.78, 5) is 19.2. The van der Waals surface area contributed by atoms with Crippen molar-refractivity contribution in [3.8, 4) is 11.3 Å². The van der Waals surface area contributed by atoms with E-state index in [2.05, 4.69) is 55.0 Å². The van der Waals surface area contributed by atoms with Crippen LogP contribution in [0.4, 0.5) is 0 Å². The van der Waals surface area contributed by atoms with E-state index in [1.165, 1.54) is 11.1 Å². The molecule has 6 nitrogen and oxygen atoms in total. The number of benzene rings is 1. The maximum atomic E-state index is 12.4. The van der Waals surface area contributed by atoms with Crippen molar-refractivity contribution >= 4 is 5.91 Å². The van der Waals surface area contributed by atoms with E-state index in [1.807, 2.05) is 6.07 Å². The molecule has 1 aliphatic rings. The number of nitrogens with one attached hydrogen (secondary N) is 1. The summed E-state index contributed by atoms with van der Waals surface area (Å²) in [5.74, 6) is 1.98. The lowest BCUT2D eigenvalue weighted by Crippen LogP contribution is -2.49. The molecule has 2 aromatic rings. The summed E-state index contributed by atoms with van der Waals surface area (Å²) in [7, 11) is 0. The first-order valence-electron chi connectivity index (χ1n) is 11.0. The maximum absolute atomic E-state index is 12.4. The van der Waals surface area contributed by atoms with Crippen LogP contribution in [0.15, 0.2) is 28.8 Å². The Bertz CT molecular complexity index is 825. The third-order valence-corrected chi connectivity index (χ3v) is 5.75. The largest absolute Gasteiger partial charge is 0.441 e. The Kier molecular flexibility index (Phi) is 8.05. The van der Waals surface area contributed by atoms with Crippen molar-refractivity contribution in [1.29, 1.82) is 0 Å². The summed E-state index contributed by atoms with van der Waals surface area (Å²) in [5.41, 5.74) is 3.49. The number of hydrogen-bond acceptors (Lipinski definition) is 5. The normalized spacial score (nSPS) is 16.0. The molecule has 0 aliphatic carbocycles. The summed E-state index contributed by atoms with van der Waals surface area (Å²) < 4.78 is 11.3. The summed E-state index contributed by atoms with van der Waals surface area (Å²) in [6.07, 6.45) is 3.70. The van der Waals surface area contributed by atoms with Crippen LogP contribution in [0.3, 0.4) is 0 Å². The second-order valence-corrected chi connectivity index (χ2v) is 8.65. The summed E-state index contributed by atoms with van der Waals surface area (Å²) >= 11 is 0. The Hall–Kier alpha value is -2.18. The topological polar surface area (TPSA) is 67.6 Å². The zero-order valence-electron chi connectivity index (χ0n) is 18.7. The molecule has 0 spiro atoms. The number of nitrogens with zero attached hydrogens (tertiary/aromatic N) is 2. The van der Waals surface area contributed by atoms with Gasteiger partial charge in [-0.1, -0.05) is 26.0 Å². The molecule has 1 N–H and O–H groups in total. The number of rotatable bonds is 9. The van der Waals surface area contributed by atoms with Gasteiger partial charge in [-0.15, -0.1) is 0 Å². The predicted octanol–water partition coefficient (Wildman–Crippen LogP) is 3.75. The summed E-state index contributed by atoms with van der Waals surface area (Å²) in [6.45, 7) is 12.7. The van der Waals surface area contributed by atoms with Crippen LogP contribution in [0.1, 0.15) is 43.7 Å². The molecule has 1 unspecified atom stereocenters. The fourth-order valence-electron chi connectivity index (χ4n) is 3.84. The van der Waals surface area contributed by atoms with Crippen molar-refractivity contribution in [2.24, 2.45) is 5.92 Å². The van der Waals surface area contributed by atoms with Crippen LogP contribution in [-0.4, -0.2) is 54.7 Å². The van der Waals surface area contributed by atoms with Gasteiger partial charge < -0.3 is 14.5 Å². The smallest absolute Gasteiger partial charge is 0.220 e. The number of amides is 1. The molecule has 1 saturated heterocycles. The van der Waals surface area contributed by atoms with Crippen molar-refractivity contribution < 1.29 is 13.9 Å². The highest BCUT2D eigenvalue weighted by Crippen LogP contribution is 2.23. The summed E-state index contributed by atoms with van der Waals surface area (Å²) in [5, 5.41) is 3.12. The van der Waals surface area contributed by atoms with Gasteiger partial charge in [0.2, 0.25) is 5.91 Å². The molecule has 0 radical (unpaired) electrons. The van der Waals surface area contributed by atoms with Gasteiger partial charge in [0.05, 0.1) is 19.4 Å².